The smallest absolute Gasteiger partial charge is 0.299 e. The highest BCUT2D eigenvalue weighted by Gasteiger charge is 2.35. The summed E-state index contributed by atoms with van der Waals surface area (Å²) in [5.41, 5.74) is 1.08. The zero-order valence-electron chi connectivity index (χ0n) is 11.1. The third-order valence-electron chi connectivity index (χ3n) is 3.04. The van der Waals surface area contributed by atoms with Gasteiger partial charge in [0, 0.05) is 17.6 Å². The standard InChI is InChI=1S/C14H17ClN2O2/c1-9(2)16-6-3-7-17-12-5-4-10(15)8-11(12)13(18)14(17)19/h4-5,8-9,16H,3,6-7H2,1-2H3. The van der Waals surface area contributed by atoms with Crippen LogP contribution >= 0.6 is 11.6 Å². The molecule has 0 bridgehead atoms. The molecule has 0 aliphatic carbocycles. The second-order valence-corrected chi connectivity index (χ2v) is 5.35. The molecule has 0 saturated carbocycles. The number of hydrogen-bond acceptors (Lipinski definition) is 3. The molecule has 1 amide bonds. The Morgan fingerprint density at radius 1 is 1.32 bits per heavy atom. The number of anilines is 1. The van der Waals surface area contributed by atoms with Crippen molar-refractivity contribution < 1.29 is 9.59 Å². The summed E-state index contributed by atoms with van der Waals surface area (Å²) in [4.78, 5) is 25.3. The summed E-state index contributed by atoms with van der Waals surface area (Å²) in [7, 11) is 0. The molecule has 0 spiro atoms. The van der Waals surface area contributed by atoms with Crippen molar-refractivity contribution in [1.82, 2.24) is 5.32 Å². The average Bonchev–Trinajstić information content (AvgIpc) is 2.59. The molecule has 1 N–H and O–H groups in total. The first kappa shape index (κ1) is 14.0. The van der Waals surface area contributed by atoms with Crippen LogP contribution < -0.4 is 10.2 Å². The fourth-order valence-electron chi connectivity index (χ4n) is 2.12. The first-order chi connectivity index (χ1) is 9.00. The van der Waals surface area contributed by atoms with Gasteiger partial charge in [-0.3, -0.25) is 9.59 Å². The highest BCUT2D eigenvalue weighted by atomic mass is 35.5. The molecule has 102 valence electrons. The van der Waals surface area contributed by atoms with E-state index in [0.29, 0.717) is 28.9 Å². The van der Waals surface area contributed by atoms with Crippen LogP contribution in [0.4, 0.5) is 5.69 Å². The number of nitrogens with zero attached hydrogens (tertiary/aromatic N) is 1. The van der Waals surface area contributed by atoms with Crippen molar-refractivity contribution in [2.75, 3.05) is 18.0 Å². The summed E-state index contributed by atoms with van der Waals surface area (Å²) < 4.78 is 0. The van der Waals surface area contributed by atoms with Gasteiger partial charge in [0.15, 0.2) is 0 Å². The van der Waals surface area contributed by atoms with Gasteiger partial charge in [-0.05, 0) is 31.2 Å². The maximum atomic E-state index is 11.9. The van der Waals surface area contributed by atoms with Crippen LogP contribution in [0.1, 0.15) is 30.6 Å². The number of ketones is 1. The van der Waals surface area contributed by atoms with Crippen LogP contribution in [-0.2, 0) is 4.79 Å². The molecule has 1 heterocycles. The van der Waals surface area contributed by atoms with Gasteiger partial charge >= 0.3 is 0 Å². The van der Waals surface area contributed by atoms with Crippen LogP contribution in [0.3, 0.4) is 0 Å². The Balaban J connectivity index is 2.07. The monoisotopic (exact) mass is 280 g/mol. The molecule has 19 heavy (non-hydrogen) atoms. The number of benzene rings is 1. The van der Waals surface area contributed by atoms with E-state index in [-0.39, 0.29) is 0 Å². The Labute approximate surface area is 117 Å². The maximum absolute atomic E-state index is 11.9. The lowest BCUT2D eigenvalue weighted by Gasteiger charge is -2.17. The van der Waals surface area contributed by atoms with Crippen molar-refractivity contribution in [3.8, 4) is 0 Å². The number of halogens is 1. The van der Waals surface area contributed by atoms with Gasteiger partial charge in [0.25, 0.3) is 11.7 Å². The van der Waals surface area contributed by atoms with E-state index in [9.17, 15) is 9.59 Å². The van der Waals surface area contributed by atoms with Crippen LogP contribution in [0.2, 0.25) is 5.02 Å². The van der Waals surface area contributed by atoms with Crippen LogP contribution in [0, 0.1) is 0 Å². The summed E-state index contributed by atoms with van der Waals surface area (Å²) >= 11 is 5.85. The molecular formula is C14H17ClN2O2. The van der Waals surface area contributed by atoms with E-state index in [1.807, 2.05) is 0 Å². The van der Waals surface area contributed by atoms with Crippen molar-refractivity contribution in [3.05, 3.63) is 28.8 Å². The largest absolute Gasteiger partial charge is 0.314 e. The number of Topliss-reactive ketones (excluding diaryl/α,β-unsaturated/α-hetero) is 1. The molecule has 4 nitrogen and oxygen atoms in total. The third-order valence-corrected chi connectivity index (χ3v) is 3.28. The predicted molar refractivity (Wildman–Crippen MR) is 75.9 cm³/mol. The molecule has 0 fully saturated rings. The van der Waals surface area contributed by atoms with E-state index in [1.165, 1.54) is 4.90 Å². The molecule has 0 saturated heterocycles. The van der Waals surface area contributed by atoms with Gasteiger partial charge in [0.1, 0.15) is 0 Å². The van der Waals surface area contributed by atoms with Gasteiger partial charge in [-0.25, -0.2) is 0 Å². The molecule has 0 radical (unpaired) electrons. The molecule has 1 aliphatic heterocycles. The van der Waals surface area contributed by atoms with Gasteiger partial charge in [0.2, 0.25) is 0 Å². The van der Waals surface area contributed by atoms with Crippen LogP contribution in [0.25, 0.3) is 0 Å². The third kappa shape index (κ3) is 2.96. The van der Waals surface area contributed by atoms with E-state index < -0.39 is 11.7 Å². The zero-order valence-corrected chi connectivity index (χ0v) is 11.8. The number of carbonyl (C=O) groups excluding carboxylic acids is 2. The van der Waals surface area contributed by atoms with E-state index in [4.69, 9.17) is 11.6 Å². The Morgan fingerprint density at radius 2 is 2.05 bits per heavy atom. The number of hydrogen-bond donors (Lipinski definition) is 1. The summed E-state index contributed by atoms with van der Waals surface area (Å²) in [5, 5.41) is 3.76. The van der Waals surface area contributed by atoms with Crippen molar-refractivity contribution in [2.45, 2.75) is 26.3 Å². The minimum absolute atomic E-state index is 0.411. The first-order valence-corrected chi connectivity index (χ1v) is 6.77. The quantitative estimate of drug-likeness (QED) is 0.665. The Hall–Kier alpha value is -1.39. The van der Waals surface area contributed by atoms with E-state index in [1.54, 1.807) is 18.2 Å². The highest BCUT2D eigenvalue weighted by Crippen LogP contribution is 2.31. The average molecular weight is 281 g/mol. The number of carbonyl (C=O) groups is 2. The molecule has 5 heteroatoms. The summed E-state index contributed by atoms with van der Waals surface area (Å²) in [5.74, 6) is -0.920. The predicted octanol–water partition coefficient (Wildman–Crippen LogP) is 2.26. The van der Waals surface area contributed by atoms with E-state index >= 15 is 0 Å². The van der Waals surface area contributed by atoms with Crippen molar-refractivity contribution in [1.29, 1.82) is 0 Å². The second kappa shape index (κ2) is 5.72. The minimum atomic E-state index is -0.464. The molecule has 1 aliphatic rings. The lowest BCUT2D eigenvalue weighted by atomic mass is 10.1. The Kier molecular flexibility index (Phi) is 4.22. The molecule has 0 aromatic heterocycles. The van der Waals surface area contributed by atoms with Gasteiger partial charge in [-0.1, -0.05) is 25.4 Å². The SMILES string of the molecule is CC(C)NCCCN1C(=O)C(=O)c2cc(Cl)ccc21. The van der Waals surface area contributed by atoms with Crippen molar-refractivity contribution in [2.24, 2.45) is 0 Å². The molecular weight excluding hydrogens is 264 g/mol. The summed E-state index contributed by atoms with van der Waals surface area (Å²) in [6, 6.07) is 5.41. The number of amides is 1. The van der Waals surface area contributed by atoms with Crippen LogP contribution in [0.5, 0.6) is 0 Å². The molecule has 2 rings (SSSR count). The fraction of sp³-hybridized carbons (Fsp3) is 0.429. The second-order valence-electron chi connectivity index (χ2n) is 4.91. The molecule has 0 unspecified atom stereocenters. The number of fused-ring (bicyclic) bond motifs is 1. The normalized spacial score (nSPS) is 14.4. The van der Waals surface area contributed by atoms with Gasteiger partial charge in [-0.2, -0.15) is 0 Å². The van der Waals surface area contributed by atoms with Crippen molar-refractivity contribution >= 4 is 29.0 Å². The number of rotatable bonds is 5. The molecule has 1 aromatic rings. The zero-order chi connectivity index (χ0) is 14.0. The van der Waals surface area contributed by atoms with Crippen LogP contribution in [-0.4, -0.2) is 30.8 Å². The molecule has 1 aromatic carbocycles. The lowest BCUT2D eigenvalue weighted by Crippen LogP contribution is -2.33. The number of nitrogens with one attached hydrogen (secondary N) is 1. The van der Waals surface area contributed by atoms with Crippen LogP contribution in [0.15, 0.2) is 18.2 Å². The summed E-state index contributed by atoms with van der Waals surface area (Å²) in [6.07, 6.45) is 0.805. The minimum Gasteiger partial charge on any atom is -0.314 e. The van der Waals surface area contributed by atoms with E-state index in [0.717, 1.165) is 13.0 Å². The maximum Gasteiger partial charge on any atom is 0.299 e. The fourth-order valence-corrected chi connectivity index (χ4v) is 2.29. The molecule has 0 atom stereocenters. The first-order valence-electron chi connectivity index (χ1n) is 6.40. The summed E-state index contributed by atoms with van der Waals surface area (Å²) in [6.45, 7) is 5.50. The topological polar surface area (TPSA) is 49.4 Å². The van der Waals surface area contributed by atoms with E-state index in [2.05, 4.69) is 19.2 Å². The van der Waals surface area contributed by atoms with Crippen molar-refractivity contribution in [3.63, 3.8) is 0 Å². The Bertz CT molecular complexity index is 514. The Morgan fingerprint density at radius 3 is 2.74 bits per heavy atom. The van der Waals surface area contributed by atoms with Gasteiger partial charge < -0.3 is 10.2 Å². The highest BCUT2D eigenvalue weighted by molar-refractivity contribution is 6.52. The van der Waals surface area contributed by atoms with Gasteiger partial charge in [0.05, 0.1) is 11.3 Å². The lowest BCUT2D eigenvalue weighted by molar-refractivity contribution is -0.114. The van der Waals surface area contributed by atoms with Gasteiger partial charge in [-0.15, -0.1) is 0 Å².